The molecular formula is C19H17NO6S. The molecule has 0 aliphatic carbocycles. The predicted molar refractivity (Wildman–Crippen MR) is 98.1 cm³/mol. The lowest BCUT2D eigenvalue weighted by molar-refractivity contribution is 0.0468. The number of sulfonamides is 1. The maximum Gasteiger partial charge on any atom is 0.338 e. The summed E-state index contributed by atoms with van der Waals surface area (Å²) >= 11 is 0. The van der Waals surface area contributed by atoms with Crippen LogP contribution in [0, 0.1) is 0 Å². The smallest absolute Gasteiger partial charge is 0.338 e. The van der Waals surface area contributed by atoms with E-state index in [9.17, 15) is 18.0 Å². The maximum absolute atomic E-state index is 12.2. The predicted octanol–water partition coefficient (Wildman–Crippen LogP) is 2.72. The topological polar surface area (TPSA) is 93.9 Å². The van der Waals surface area contributed by atoms with Crippen LogP contribution in [0.2, 0.25) is 0 Å². The first-order valence-electron chi connectivity index (χ1n) is 8.00. The van der Waals surface area contributed by atoms with Crippen LogP contribution < -0.4 is 0 Å². The zero-order valence-electron chi connectivity index (χ0n) is 14.7. The van der Waals surface area contributed by atoms with Crippen molar-refractivity contribution >= 4 is 32.7 Å². The molecule has 0 aliphatic heterocycles. The van der Waals surface area contributed by atoms with Crippen LogP contribution in [-0.2, 0) is 14.8 Å². The molecule has 0 fully saturated rings. The number of nitrogens with zero attached hydrogens (tertiary/aromatic N) is 1. The van der Waals surface area contributed by atoms with Gasteiger partial charge in [-0.15, -0.1) is 0 Å². The number of Topliss-reactive ketones (excluding diaryl/α,β-unsaturated/α-hetero) is 1. The molecule has 2 aromatic carbocycles. The number of ketones is 1. The van der Waals surface area contributed by atoms with Gasteiger partial charge in [-0.3, -0.25) is 4.79 Å². The first-order chi connectivity index (χ1) is 12.8. The minimum atomic E-state index is -3.58. The Hall–Kier alpha value is -2.97. The van der Waals surface area contributed by atoms with Gasteiger partial charge in [-0.05, 0) is 36.4 Å². The number of hydrogen-bond donors (Lipinski definition) is 0. The van der Waals surface area contributed by atoms with Crippen molar-refractivity contribution in [2.45, 2.75) is 4.90 Å². The van der Waals surface area contributed by atoms with E-state index < -0.39 is 28.4 Å². The molecule has 0 spiro atoms. The molecule has 8 heteroatoms. The van der Waals surface area contributed by atoms with E-state index in [1.54, 1.807) is 18.2 Å². The van der Waals surface area contributed by atoms with E-state index in [-0.39, 0.29) is 16.2 Å². The number of esters is 1. The van der Waals surface area contributed by atoms with Crippen LogP contribution in [0.5, 0.6) is 0 Å². The fraction of sp³-hybridized carbons (Fsp3) is 0.158. The van der Waals surface area contributed by atoms with Crippen LogP contribution in [-0.4, -0.2) is 45.2 Å². The van der Waals surface area contributed by atoms with Gasteiger partial charge in [0, 0.05) is 19.5 Å². The Bertz CT molecular complexity index is 1060. The summed E-state index contributed by atoms with van der Waals surface area (Å²) in [6.07, 6.45) is 0. The van der Waals surface area contributed by atoms with Crippen LogP contribution in [0.4, 0.5) is 0 Å². The molecule has 0 aliphatic rings. The first kappa shape index (κ1) is 18.8. The van der Waals surface area contributed by atoms with Gasteiger partial charge in [-0.2, -0.15) is 0 Å². The summed E-state index contributed by atoms with van der Waals surface area (Å²) < 4.78 is 35.5. The molecule has 0 saturated carbocycles. The lowest BCUT2D eigenvalue weighted by Gasteiger charge is -2.11. The van der Waals surface area contributed by atoms with Gasteiger partial charge in [0.05, 0.1) is 10.5 Å². The summed E-state index contributed by atoms with van der Waals surface area (Å²) in [6.45, 7) is -0.476. The van der Waals surface area contributed by atoms with E-state index in [0.29, 0.717) is 5.58 Å². The Morgan fingerprint density at radius 1 is 1.04 bits per heavy atom. The quantitative estimate of drug-likeness (QED) is 0.477. The van der Waals surface area contributed by atoms with E-state index in [1.165, 1.54) is 38.4 Å². The third-order valence-corrected chi connectivity index (χ3v) is 5.73. The molecule has 3 aromatic rings. The number of fused-ring (bicyclic) bond motifs is 1. The van der Waals surface area contributed by atoms with Gasteiger partial charge in [0.2, 0.25) is 15.8 Å². The second-order valence-electron chi connectivity index (χ2n) is 5.96. The normalized spacial score (nSPS) is 11.7. The molecule has 0 bridgehead atoms. The molecule has 0 amide bonds. The number of benzene rings is 2. The highest BCUT2D eigenvalue weighted by Gasteiger charge is 2.19. The van der Waals surface area contributed by atoms with Crippen molar-refractivity contribution in [2.75, 3.05) is 20.7 Å². The molecule has 0 unspecified atom stereocenters. The largest absolute Gasteiger partial charge is 0.454 e. The number of rotatable bonds is 6. The third-order valence-electron chi connectivity index (χ3n) is 3.90. The van der Waals surface area contributed by atoms with Crippen LogP contribution in [0.1, 0.15) is 20.9 Å². The van der Waals surface area contributed by atoms with Crippen molar-refractivity contribution in [3.8, 4) is 0 Å². The summed E-state index contributed by atoms with van der Waals surface area (Å²) in [5.74, 6) is -1.09. The Morgan fingerprint density at radius 3 is 2.33 bits per heavy atom. The number of carbonyl (C=O) groups is 2. The van der Waals surface area contributed by atoms with Crippen molar-refractivity contribution in [3.05, 3.63) is 65.9 Å². The fourth-order valence-electron chi connectivity index (χ4n) is 2.38. The number of hydrogen-bond acceptors (Lipinski definition) is 6. The highest BCUT2D eigenvalue weighted by Crippen LogP contribution is 2.19. The Labute approximate surface area is 156 Å². The van der Waals surface area contributed by atoms with Gasteiger partial charge in [0.25, 0.3) is 0 Å². The maximum atomic E-state index is 12.2. The van der Waals surface area contributed by atoms with Gasteiger partial charge in [-0.1, -0.05) is 18.2 Å². The summed E-state index contributed by atoms with van der Waals surface area (Å²) in [6, 6.07) is 14.1. The molecule has 0 saturated heterocycles. The number of ether oxygens (including phenoxy) is 1. The standard InChI is InChI=1S/C19H17NO6S/c1-20(2)27(23,24)15-9-7-13(8-10-15)19(22)25-12-16(21)18-11-14-5-3-4-6-17(14)26-18/h3-11H,12H2,1-2H3. The Kier molecular flexibility index (Phi) is 5.11. The van der Waals surface area contributed by atoms with E-state index in [4.69, 9.17) is 9.15 Å². The van der Waals surface area contributed by atoms with E-state index in [0.717, 1.165) is 9.69 Å². The molecule has 0 radical (unpaired) electrons. The monoisotopic (exact) mass is 387 g/mol. The lowest BCUT2D eigenvalue weighted by atomic mass is 10.2. The van der Waals surface area contributed by atoms with Gasteiger partial charge >= 0.3 is 5.97 Å². The second-order valence-corrected chi connectivity index (χ2v) is 8.11. The average Bonchev–Trinajstić information content (AvgIpc) is 3.10. The summed E-state index contributed by atoms with van der Waals surface area (Å²) in [5.41, 5.74) is 0.718. The minimum absolute atomic E-state index is 0.0578. The summed E-state index contributed by atoms with van der Waals surface area (Å²) in [4.78, 5) is 24.3. The SMILES string of the molecule is CN(C)S(=O)(=O)c1ccc(C(=O)OCC(=O)c2cc3ccccc3o2)cc1. The van der Waals surface area contributed by atoms with E-state index in [2.05, 4.69) is 0 Å². The van der Waals surface area contributed by atoms with Crippen molar-refractivity contribution in [3.63, 3.8) is 0 Å². The first-order valence-corrected chi connectivity index (χ1v) is 9.44. The number of carbonyl (C=O) groups excluding carboxylic acids is 2. The fourth-order valence-corrected chi connectivity index (χ4v) is 3.28. The molecule has 0 atom stereocenters. The minimum Gasteiger partial charge on any atom is -0.454 e. The third kappa shape index (κ3) is 3.91. The Balaban J connectivity index is 1.66. The van der Waals surface area contributed by atoms with E-state index in [1.807, 2.05) is 12.1 Å². The van der Waals surface area contributed by atoms with E-state index >= 15 is 0 Å². The van der Waals surface area contributed by atoms with Crippen molar-refractivity contribution in [2.24, 2.45) is 0 Å². The van der Waals surface area contributed by atoms with Crippen LogP contribution in [0.25, 0.3) is 11.0 Å². The second kappa shape index (κ2) is 7.34. The van der Waals surface area contributed by atoms with Gasteiger partial charge in [0.1, 0.15) is 5.58 Å². The molecule has 0 N–H and O–H groups in total. The van der Waals surface area contributed by atoms with Gasteiger partial charge in [0.15, 0.2) is 12.4 Å². The molecule has 140 valence electrons. The Morgan fingerprint density at radius 2 is 1.70 bits per heavy atom. The molecule has 3 rings (SSSR count). The molecule has 1 heterocycles. The molecule has 7 nitrogen and oxygen atoms in total. The van der Waals surface area contributed by atoms with Crippen LogP contribution in [0.15, 0.2) is 63.9 Å². The van der Waals surface area contributed by atoms with Crippen molar-refractivity contribution < 1.29 is 27.2 Å². The van der Waals surface area contributed by atoms with Gasteiger partial charge < -0.3 is 9.15 Å². The van der Waals surface area contributed by atoms with Crippen molar-refractivity contribution in [1.82, 2.24) is 4.31 Å². The lowest BCUT2D eigenvalue weighted by Crippen LogP contribution is -2.22. The number of furan rings is 1. The average molecular weight is 387 g/mol. The summed E-state index contributed by atoms with van der Waals surface area (Å²) in [5, 5.41) is 0.782. The van der Waals surface area contributed by atoms with Crippen LogP contribution >= 0.6 is 0 Å². The molecule has 1 aromatic heterocycles. The van der Waals surface area contributed by atoms with Crippen molar-refractivity contribution in [1.29, 1.82) is 0 Å². The highest BCUT2D eigenvalue weighted by atomic mass is 32.2. The number of para-hydroxylation sites is 1. The van der Waals surface area contributed by atoms with Crippen LogP contribution in [0.3, 0.4) is 0 Å². The highest BCUT2D eigenvalue weighted by molar-refractivity contribution is 7.89. The summed E-state index contributed by atoms with van der Waals surface area (Å²) in [7, 11) is -0.744. The van der Waals surface area contributed by atoms with Gasteiger partial charge in [-0.25, -0.2) is 17.5 Å². The molecule has 27 heavy (non-hydrogen) atoms. The zero-order valence-corrected chi connectivity index (χ0v) is 15.5. The zero-order chi connectivity index (χ0) is 19.6. The molecular weight excluding hydrogens is 370 g/mol.